The fourth-order valence-electron chi connectivity index (χ4n) is 1.75. The van der Waals surface area contributed by atoms with Crippen LogP contribution in [-0.2, 0) is 0 Å². The molecule has 1 rings (SSSR count). The average molecular weight is 217 g/mol. The molecule has 16 heavy (non-hydrogen) atoms. The molecule has 0 radical (unpaired) electrons. The van der Waals surface area contributed by atoms with Gasteiger partial charge in [0.05, 0.1) is 12.2 Å². The zero-order chi connectivity index (χ0) is 11.8. The average Bonchev–Trinajstić information content (AvgIpc) is 2.32. The minimum absolute atomic E-state index is 0.251. The lowest BCUT2D eigenvalue weighted by Gasteiger charge is -2.30. The first-order valence-corrected chi connectivity index (χ1v) is 5.71. The zero-order valence-electron chi connectivity index (χ0n) is 9.98. The topological polar surface area (TPSA) is 39.1 Å². The Labute approximate surface area is 97.7 Å². The second kappa shape index (κ2) is 6.86. The normalized spacial score (nSPS) is 11.8. The number of hydrogen-bond donors (Lipinski definition) is 1. The van der Waals surface area contributed by atoms with Crippen molar-refractivity contribution in [1.29, 1.82) is 5.26 Å². The van der Waals surface area contributed by atoms with Crippen LogP contribution in [0.1, 0.15) is 20.3 Å². The maximum absolute atomic E-state index is 8.49. The van der Waals surface area contributed by atoms with Crippen molar-refractivity contribution >= 4 is 5.69 Å². The van der Waals surface area contributed by atoms with Crippen LogP contribution in [0.15, 0.2) is 30.3 Å². The van der Waals surface area contributed by atoms with Gasteiger partial charge < -0.3 is 4.90 Å². The van der Waals surface area contributed by atoms with Crippen molar-refractivity contribution in [3.63, 3.8) is 0 Å². The predicted octanol–water partition coefficient (Wildman–Crippen LogP) is 2.36. The molecule has 1 aromatic rings. The number of anilines is 1. The molecule has 0 aliphatic carbocycles. The van der Waals surface area contributed by atoms with Crippen LogP contribution in [0.4, 0.5) is 5.69 Å². The fourth-order valence-corrected chi connectivity index (χ4v) is 1.75. The maximum atomic E-state index is 8.49. The standard InChI is InChI=1S/C13H19N3/c1-3-16(12(2)15-11-7-10-14)13-8-5-4-6-9-13/h4-6,8-9,12,15H,3,7,11H2,1-2H3. The Morgan fingerprint density at radius 3 is 2.62 bits per heavy atom. The van der Waals surface area contributed by atoms with E-state index in [1.54, 1.807) is 0 Å². The predicted molar refractivity (Wildman–Crippen MR) is 67.2 cm³/mol. The quantitative estimate of drug-likeness (QED) is 0.587. The molecule has 1 aromatic carbocycles. The number of nitriles is 1. The second-order valence-corrected chi connectivity index (χ2v) is 3.66. The molecule has 0 bridgehead atoms. The summed E-state index contributed by atoms with van der Waals surface area (Å²) < 4.78 is 0. The van der Waals surface area contributed by atoms with Crippen LogP contribution in [-0.4, -0.2) is 19.3 Å². The summed E-state index contributed by atoms with van der Waals surface area (Å²) in [4.78, 5) is 2.28. The molecule has 0 aliphatic heterocycles. The molecule has 0 spiro atoms. The number of nitrogens with zero attached hydrogens (tertiary/aromatic N) is 2. The largest absolute Gasteiger partial charge is 0.357 e. The molecule has 0 fully saturated rings. The van der Waals surface area contributed by atoms with E-state index < -0.39 is 0 Å². The third kappa shape index (κ3) is 3.56. The highest BCUT2D eigenvalue weighted by atomic mass is 15.3. The summed E-state index contributed by atoms with van der Waals surface area (Å²) >= 11 is 0. The number of rotatable bonds is 6. The van der Waals surface area contributed by atoms with Crippen molar-refractivity contribution in [3.05, 3.63) is 30.3 Å². The van der Waals surface area contributed by atoms with Crippen molar-refractivity contribution in [2.24, 2.45) is 0 Å². The molecule has 0 aliphatic rings. The minimum atomic E-state index is 0.251. The Kier molecular flexibility index (Phi) is 5.38. The van der Waals surface area contributed by atoms with Gasteiger partial charge in [-0.25, -0.2) is 0 Å². The molecule has 3 nitrogen and oxygen atoms in total. The molecule has 86 valence electrons. The van der Waals surface area contributed by atoms with E-state index in [2.05, 4.69) is 42.3 Å². The summed E-state index contributed by atoms with van der Waals surface area (Å²) in [5.41, 5.74) is 1.21. The van der Waals surface area contributed by atoms with Crippen LogP contribution >= 0.6 is 0 Å². The van der Waals surface area contributed by atoms with Gasteiger partial charge in [-0.15, -0.1) is 0 Å². The first-order chi connectivity index (χ1) is 7.79. The molecule has 0 saturated carbocycles. The lowest BCUT2D eigenvalue weighted by molar-refractivity contribution is 0.528. The van der Waals surface area contributed by atoms with E-state index >= 15 is 0 Å². The monoisotopic (exact) mass is 217 g/mol. The number of hydrogen-bond acceptors (Lipinski definition) is 3. The highest BCUT2D eigenvalue weighted by molar-refractivity contribution is 5.46. The molecule has 1 N–H and O–H groups in total. The Balaban J connectivity index is 2.57. The van der Waals surface area contributed by atoms with Crippen molar-refractivity contribution in [2.75, 3.05) is 18.0 Å². The van der Waals surface area contributed by atoms with Gasteiger partial charge >= 0.3 is 0 Å². The van der Waals surface area contributed by atoms with E-state index in [1.165, 1.54) is 5.69 Å². The van der Waals surface area contributed by atoms with E-state index in [4.69, 9.17) is 5.26 Å². The summed E-state index contributed by atoms with van der Waals surface area (Å²) in [5, 5.41) is 11.8. The molecule has 1 atom stereocenters. The molecule has 0 amide bonds. The van der Waals surface area contributed by atoms with Crippen molar-refractivity contribution in [3.8, 4) is 6.07 Å². The highest BCUT2D eigenvalue weighted by Gasteiger charge is 2.10. The van der Waals surface area contributed by atoms with Crippen LogP contribution in [0.2, 0.25) is 0 Å². The van der Waals surface area contributed by atoms with E-state index in [0.717, 1.165) is 13.1 Å². The van der Waals surface area contributed by atoms with Crippen molar-refractivity contribution in [1.82, 2.24) is 5.32 Å². The van der Waals surface area contributed by atoms with Gasteiger partial charge in [0, 0.05) is 25.2 Å². The lowest BCUT2D eigenvalue weighted by atomic mass is 10.2. The molecule has 3 heteroatoms. The number of benzene rings is 1. The van der Waals surface area contributed by atoms with Gasteiger partial charge in [0.15, 0.2) is 0 Å². The van der Waals surface area contributed by atoms with Crippen LogP contribution < -0.4 is 10.2 Å². The van der Waals surface area contributed by atoms with E-state index in [1.807, 2.05) is 18.2 Å². The van der Waals surface area contributed by atoms with E-state index in [9.17, 15) is 0 Å². The smallest absolute Gasteiger partial charge is 0.0767 e. The first-order valence-electron chi connectivity index (χ1n) is 5.71. The SMILES string of the molecule is CCN(c1ccccc1)C(C)NCCC#N. The van der Waals surface area contributed by atoms with Gasteiger partial charge in [-0.2, -0.15) is 5.26 Å². The highest BCUT2D eigenvalue weighted by Crippen LogP contribution is 2.14. The first kappa shape index (κ1) is 12.5. The number of nitrogens with one attached hydrogen (secondary N) is 1. The summed E-state index contributed by atoms with van der Waals surface area (Å²) in [7, 11) is 0. The van der Waals surface area contributed by atoms with Gasteiger partial charge in [0.2, 0.25) is 0 Å². The Morgan fingerprint density at radius 1 is 1.38 bits per heavy atom. The summed E-state index contributed by atoms with van der Waals surface area (Å²) in [6.45, 7) is 5.94. The second-order valence-electron chi connectivity index (χ2n) is 3.66. The zero-order valence-corrected chi connectivity index (χ0v) is 9.98. The van der Waals surface area contributed by atoms with Gasteiger partial charge in [0.25, 0.3) is 0 Å². The van der Waals surface area contributed by atoms with Crippen molar-refractivity contribution < 1.29 is 0 Å². The molecule has 0 saturated heterocycles. The third-order valence-electron chi connectivity index (χ3n) is 2.57. The van der Waals surface area contributed by atoms with Crippen molar-refractivity contribution in [2.45, 2.75) is 26.4 Å². The molecule has 1 unspecified atom stereocenters. The lowest BCUT2D eigenvalue weighted by Crippen LogP contribution is -2.44. The molecular formula is C13H19N3. The fraction of sp³-hybridized carbons (Fsp3) is 0.462. The maximum Gasteiger partial charge on any atom is 0.0767 e. The minimum Gasteiger partial charge on any atom is -0.357 e. The van der Waals surface area contributed by atoms with Crippen LogP contribution in [0, 0.1) is 11.3 Å². The van der Waals surface area contributed by atoms with Crippen LogP contribution in [0.5, 0.6) is 0 Å². The van der Waals surface area contributed by atoms with E-state index in [-0.39, 0.29) is 6.17 Å². The van der Waals surface area contributed by atoms with Crippen LogP contribution in [0.3, 0.4) is 0 Å². The van der Waals surface area contributed by atoms with Gasteiger partial charge in [-0.1, -0.05) is 18.2 Å². The van der Waals surface area contributed by atoms with Gasteiger partial charge in [0.1, 0.15) is 0 Å². The number of para-hydroxylation sites is 1. The molecule has 0 aromatic heterocycles. The molecule has 0 heterocycles. The Bertz CT molecular complexity index is 329. The molecular weight excluding hydrogens is 198 g/mol. The Hall–Kier alpha value is -1.53. The summed E-state index contributed by atoms with van der Waals surface area (Å²) in [6.07, 6.45) is 0.803. The summed E-state index contributed by atoms with van der Waals surface area (Å²) in [6, 6.07) is 12.4. The van der Waals surface area contributed by atoms with Crippen LogP contribution in [0.25, 0.3) is 0 Å². The van der Waals surface area contributed by atoms with E-state index in [0.29, 0.717) is 6.42 Å². The third-order valence-corrected chi connectivity index (χ3v) is 2.57. The van der Waals surface area contributed by atoms with Gasteiger partial charge in [-0.05, 0) is 26.0 Å². The van der Waals surface area contributed by atoms with Gasteiger partial charge in [-0.3, -0.25) is 5.32 Å². The summed E-state index contributed by atoms with van der Waals surface area (Å²) in [5.74, 6) is 0. The Morgan fingerprint density at radius 2 is 2.06 bits per heavy atom.